The van der Waals surface area contributed by atoms with Gasteiger partial charge < -0.3 is 11.1 Å². The summed E-state index contributed by atoms with van der Waals surface area (Å²) in [5.41, 5.74) is 7.89. The zero-order chi connectivity index (χ0) is 15.4. The van der Waals surface area contributed by atoms with Gasteiger partial charge in [0, 0.05) is 17.6 Å². The first-order valence-corrected chi connectivity index (χ1v) is 7.68. The second-order valence-corrected chi connectivity index (χ2v) is 5.90. The summed E-state index contributed by atoms with van der Waals surface area (Å²) >= 11 is 0. The lowest BCUT2D eigenvalue weighted by molar-refractivity contribution is -0.120. The van der Waals surface area contributed by atoms with Crippen LogP contribution in [0.4, 0.5) is 5.69 Å². The fourth-order valence-corrected chi connectivity index (χ4v) is 2.90. The molecule has 0 spiro atoms. The van der Waals surface area contributed by atoms with E-state index in [9.17, 15) is 4.79 Å². The number of anilines is 1. The van der Waals surface area contributed by atoms with Gasteiger partial charge in [-0.1, -0.05) is 18.6 Å². The predicted molar refractivity (Wildman–Crippen MR) is 84.1 cm³/mol. The van der Waals surface area contributed by atoms with Crippen molar-refractivity contribution in [3.05, 3.63) is 42.5 Å². The van der Waals surface area contributed by atoms with E-state index in [4.69, 9.17) is 5.73 Å². The van der Waals surface area contributed by atoms with Gasteiger partial charge in [0.25, 0.3) is 0 Å². The molecule has 1 saturated carbocycles. The number of hydrogen-bond acceptors (Lipinski definition) is 4. The molecule has 116 valence electrons. The fraction of sp³-hybridized carbons (Fsp3) is 0.438. The maximum absolute atomic E-state index is 12.3. The van der Waals surface area contributed by atoms with E-state index in [1.54, 1.807) is 11.0 Å². The molecule has 2 aromatic rings. The van der Waals surface area contributed by atoms with Gasteiger partial charge in [0.15, 0.2) is 0 Å². The van der Waals surface area contributed by atoms with Gasteiger partial charge in [0.2, 0.25) is 5.91 Å². The molecule has 2 unspecified atom stereocenters. The summed E-state index contributed by atoms with van der Waals surface area (Å²) in [6.07, 6.45) is 6.99. The third-order valence-electron chi connectivity index (χ3n) is 4.12. The van der Waals surface area contributed by atoms with Crippen LogP contribution >= 0.6 is 0 Å². The van der Waals surface area contributed by atoms with Crippen LogP contribution in [-0.2, 0) is 11.3 Å². The number of amides is 1. The van der Waals surface area contributed by atoms with Gasteiger partial charge in [0.05, 0.1) is 6.54 Å². The Balaban J connectivity index is 1.57. The minimum atomic E-state index is 0.0403. The molecule has 1 aromatic carbocycles. The van der Waals surface area contributed by atoms with Gasteiger partial charge in [0.1, 0.15) is 12.7 Å². The molecule has 0 aliphatic heterocycles. The van der Waals surface area contributed by atoms with E-state index in [1.807, 2.05) is 24.3 Å². The van der Waals surface area contributed by atoms with E-state index in [0.29, 0.717) is 6.54 Å². The first-order chi connectivity index (χ1) is 10.7. The van der Waals surface area contributed by atoms with Gasteiger partial charge in [-0.05, 0) is 37.0 Å². The Hall–Kier alpha value is -2.21. The van der Waals surface area contributed by atoms with Crippen molar-refractivity contribution in [2.45, 2.75) is 38.3 Å². The van der Waals surface area contributed by atoms with Crippen molar-refractivity contribution in [1.82, 2.24) is 14.8 Å². The van der Waals surface area contributed by atoms with Crippen LogP contribution in [0.5, 0.6) is 0 Å². The van der Waals surface area contributed by atoms with Crippen molar-refractivity contribution in [1.29, 1.82) is 0 Å². The van der Waals surface area contributed by atoms with Crippen molar-refractivity contribution < 1.29 is 4.79 Å². The normalized spacial score (nSPS) is 21.5. The lowest BCUT2D eigenvalue weighted by Crippen LogP contribution is -2.34. The molecule has 1 aromatic heterocycles. The quantitative estimate of drug-likeness (QED) is 0.901. The maximum atomic E-state index is 12.3. The first kappa shape index (κ1) is 14.7. The molecule has 1 fully saturated rings. The number of hydrogen-bond donors (Lipinski definition) is 2. The molecule has 0 bridgehead atoms. The van der Waals surface area contributed by atoms with Gasteiger partial charge in [-0.25, -0.2) is 9.67 Å². The Kier molecular flexibility index (Phi) is 4.48. The van der Waals surface area contributed by atoms with Crippen molar-refractivity contribution in [3.8, 4) is 0 Å². The highest BCUT2D eigenvalue weighted by atomic mass is 16.1. The highest BCUT2D eigenvalue weighted by Crippen LogP contribution is 2.24. The van der Waals surface area contributed by atoms with E-state index in [2.05, 4.69) is 15.4 Å². The van der Waals surface area contributed by atoms with E-state index in [1.165, 1.54) is 6.33 Å². The molecule has 0 saturated heterocycles. The highest BCUT2D eigenvalue weighted by Gasteiger charge is 2.25. The molecule has 0 radical (unpaired) electrons. The lowest BCUT2D eigenvalue weighted by Gasteiger charge is -2.25. The summed E-state index contributed by atoms with van der Waals surface area (Å²) in [4.78, 5) is 16.2. The summed E-state index contributed by atoms with van der Waals surface area (Å²) in [6.45, 7) is 0.672. The van der Waals surface area contributed by atoms with E-state index in [-0.39, 0.29) is 17.9 Å². The third kappa shape index (κ3) is 3.71. The number of carbonyl (C=O) groups excluding carboxylic acids is 1. The van der Waals surface area contributed by atoms with Crippen LogP contribution in [0.2, 0.25) is 0 Å². The van der Waals surface area contributed by atoms with Gasteiger partial charge in [-0.2, -0.15) is 5.10 Å². The van der Waals surface area contributed by atoms with Crippen molar-refractivity contribution in [3.63, 3.8) is 0 Å². The Labute approximate surface area is 129 Å². The van der Waals surface area contributed by atoms with Crippen molar-refractivity contribution in [2.75, 3.05) is 5.32 Å². The van der Waals surface area contributed by atoms with Crippen LogP contribution in [-0.4, -0.2) is 26.7 Å². The Morgan fingerprint density at radius 2 is 2.14 bits per heavy atom. The maximum Gasteiger partial charge on any atom is 0.227 e. The topological polar surface area (TPSA) is 85.8 Å². The molecule has 1 aliphatic rings. The second kappa shape index (κ2) is 6.70. The number of nitrogens with one attached hydrogen (secondary N) is 1. The zero-order valence-electron chi connectivity index (χ0n) is 12.5. The first-order valence-electron chi connectivity index (χ1n) is 7.68. The van der Waals surface area contributed by atoms with Crippen LogP contribution < -0.4 is 11.1 Å². The Bertz CT molecular complexity index is 608. The number of aromatic nitrogens is 3. The molecule has 1 amide bonds. The largest absolute Gasteiger partial charge is 0.328 e. The molecule has 1 aliphatic carbocycles. The SMILES string of the molecule is NC1CCCC(C(=O)Nc2ccc(Cn3cncn3)cc2)C1. The van der Waals surface area contributed by atoms with E-state index < -0.39 is 0 Å². The average molecular weight is 299 g/mol. The second-order valence-electron chi connectivity index (χ2n) is 5.90. The number of nitrogens with two attached hydrogens (primary N) is 1. The van der Waals surface area contributed by atoms with Gasteiger partial charge in [-0.15, -0.1) is 0 Å². The Morgan fingerprint density at radius 3 is 2.82 bits per heavy atom. The van der Waals surface area contributed by atoms with Crippen molar-refractivity contribution in [2.24, 2.45) is 11.7 Å². The average Bonchev–Trinajstić information content (AvgIpc) is 3.02. The summed E-state index contributed by atoms with van der Waals surface area (Å²) in [6, 6.07) is 7.99. The molecule has 6 heteroatoms. The van der Waals surface area contributed by atoms with Crippen LogP contribution in [0.1, 0.15) is 31.2 Å². The molecule has 22 heavy (non-hydrogen) atoms. The van der Waals surface area contributed by atoms with Crippen molar-refractivity contribution >= 4 is 11.6 Å². The smallest absolute Gasteiger partial charge is 0.227 e. The Morgan fingerprint density at radius 1 is 1.32 bits per heavy atom. The van der Waals surface area contributed by atoms with Gasteiger partial charge in [-0.3, -0.25) is 4.79 Å². The monoisotopic (exact) mass is 299 g/mol. The minimum Gasteiger partial charge on any atom is -0.328 e. The lowest BCUT2D eigenvalue weighted by atomic mass is 9.85. The number of rotatable bonds is 4. The summed E-state index contributed by atoms with van der Waals surface area (Å²) < 4.78 is 1.76. The molecule has 3 rings (SSSR count). The van der Waals surface area contributed by atoms with Crippen LogP contribution in [0.3, 0.4) is 0 Å². The van der Waals surface area contributed by atoms with Crippen LogP contribution in [0, 0.1) is 5.92 Å². The summed E-state index contributed by atoms with van der Waals surface area (Å²) in [5.74, 6) is 0.123. The highest BCUT2D eigenvalue weighted by molar-refractivity contribution is 5.92. The molecule has 2 atom stereocenters. The van der Waals surface area contributed by atoms with E-state index >= 15 is 0 Å². The molecule has 6 nitrogen and oxygen atoms in total. The van der Waals surface area contributed by atoms with E-state index in [0.717, 1.165) is 36.9 Å². The molecule has 1 heterocycles. The number of benzene rings is 1. The van der Waals surface area contributed by atoms with Gasteiger partial charge >= 0.3 is 0 Å². The fourth-order valence-electron chi connectivity index (χ4n) is 2.90. The minimum absolute atomic E-state index is 0.0403. The number of nitrogens with zero attached hydrogens (tertiary/aromatic N) is 3. The van der Waals surface area contributed by atoms with Crippen LogP contribution in [0.25, 0.3) is 0 Å². The number of carbonyl (C=O) groups is 1. The molecule has 3 N–H and O–H groups in total. The molecular formula is C16H21N5O. The predicted octanol–water partition coefficient (Wildman–Crippen LogP) is 1.78. The molecular weight excluding hydrogens is 278 g/mol. The third-order valence-corrected chi connectivity index (χ3v) is 4.12. The standard InChI is InChI=1S/C16H21N5O/c17-14-3-1-2-13(8-14)16(22)20-15-6-4-12(5-7-15)9-21-11-18-10-19-21/h4-7,10-11,13-14H,1-3,8-9,17H2,(H,20,22). The summed E-state index contributed by atoms with van der Waals surface area (Å²) in [5, 5.41) is 7.06. The zero-order valence-corrected chi connectivity index (χ0v) is 12.5. The van der Waals surface area contributed by atoms with Crippen LogP contribution in [0.15, 0.2) is 36.9 Å². The summed E-state index contributed by atoms with van der Waals surface area (Å²) in [7, 11) is 0.